The molecule has 0 aromatic heterocycles. The van der Waals surface area contributed by atoms with Crippen molar-refractivity contribution in [2.24, 2.45) is 0 Å². The third-order valence-corrected chi connectivity index (χ3v) is 4.79. The molecular formula is C18H24N2O4. The van der Waals surface area contributed by atoms with Gasteiger partial charge in [-0.2, -0.15) is 0 Å². The fourth-order valence-electron chi connectivity index (χ4n) is 3.37. The number of benzene rings is 1. The maximum absolute atomic E-state index is 12.7. The first-order valence-corrected chi connectivity index (χ1v) is 8.38. The van der Waals surface area contributed by atoms with Gasteiger partial charge in [-0.15, -0.1) is 0 Å². The molecule has 1 saturated heterocycles. The van der Waals surface area contributed by atoms with Crippen molar-refractivity contribution in [2.45, 2.75) is 19.3 Å². The average molecular weight is 332 g/mol. The van der Waals surface area contributed by atoms with Crippen LogP contribution < -0.4 is 4.74 Å². The van der Waals surface area contributed by atoms with Gasteiger partial charge < -0.3 is 19.3 Å². The van der Waals surface area contributed by atoms with Crippen molar-refractivity contribution in [3.05, 3.63) is 29.3 Å². The molecule has 0 aliphatic carbocycles. The van der Waals surface area contributed by atoms with Crippen LogP contribution in [0.5, 0.6) is 5.75 Å². The first-order valence-electron chi connectivity index (χ1n) is 8.38. The van der Waals surface area contributed by atoms with Crippen molar-refractivity contribution in [1.82, 2.24) is 9.80 Å². The minimum Gasteiger partial charge on any atom is -0.497 e. The number of morpholine rings is 1. The van der Waals surface area contributed by atoms with Gasteiger partial charge in [0.25, 0.3) is 0 Å². The molecule has 1 unspecified atom stereocenters. The van der Waals surface area contributed by atoms with Crippen LogP contribution in [0.25, 0.3) is 0 Å². The van der Waals surface area contributed by atoms with E-state index in [4.69, 9.17) is 9.47 Å². The van der Waals surface area contributed by atoms with Gasteiger partial charge in [-0.25, -0.2) is 0 Å². The summed E-state index contributed by atoms with van der Waals surface area (Å²) in [5.41, 5.74) is 2.51. The summed E-state index contributed by atoms with van der Waals surface area (Å²) in [7, 11) is 1.66. The van der Waals surface area contributed by atoms with Crippen LogP contribution in [-0.2, 0) is 20.7 Å². The normalized spacial score (nSPS) is 21.2. The lowest BCUT2D eigenvalue weighted by Crippen LogP contribution is -2.48. The number of hydrogen-bond donors (Lipinski definition) is 0. The predicted octanol–water partition coefficient (Wildman–Crippen LogP) is 1.04. The number of nitrogens with zero attached hydrogens (tertiary/aromatic N) is 2. The average Bonchev–Trinajstić information content (AvgIpc) is 2.76. The number of hydrogen-bond acceptors (Lipinski definition) is 4. The summed E-state index contributed by atoms with van der Waals surface area (Å²) in [4.78, 5) is 27.9. The first kappa shape index (κ1) is 16.8. The van der Waals surface area contributed by atoms with Gasteiger partial charge in [0, 0.05) is 19.6 Å². The summed E-state index contributed by atoms with van der Waals surface area (Å²) in [5.74, 6) is 0.989. The van der Waals surface area contributed by atoms with Crippen LogP contribution in [0.1, 0.15) is 24.0 Å². The van der Waals surface area contributed by atoms with E-state index in [1.807, 2.05) is 11.0 Å². The number of carbonyl (C=O) groups excluding carboxylic acids is 2. The molecule has 3 rings (SSSR count). The Bertz CT molecular complexity index is 631. The SMILES string of the molecule is COc1ccc2c(c1)C(C)CN(C(=O)CN1CCOCC1=O)CC2. The molecule has 0 spiro atoms. The number of rotatable bonds is 3. The topological polar surface area (TPSA) is 59.1 Å². The highest BCUT2D eigenvalue weighted by molar-refractivity contribution is 5.85. The summed E-state index contributed by atoms with van der Waals surface area (Å²) < 4.78 is 10.4. The van der Waals surface area contributed by atoms with E-state index in [1.54, 1.807) is 12.0 Å². The van der Waals surface area contributed by atoms with Crippen molar-refractivity contribution in [3.8, 4) is 5.75 Å². The second-order valence-corrected chi connectivity index (χ2v) is 6.42. The zero-order chi connectivity index (χ0) is 17.1. The Morgan fingerprint density at radius 3 is 2.96 bits per heavy atom. The lowest BCUT2D eigenvalue weighted by molar-refractivity contribution is -0.148. The standard InChI is InChI=1S/C18H24N2O4/c1-13-10-19(17(21)11-20-7-8-24-12-18(20)22)6-5-14-3-4-15(23-2)9-16(13)14/h3-4,9,13H,5-8,10-12H2,1-2H3. The van der Waals surface area contributed by atoms with Gasteiger partial charge in [-0.1, -0.05) is 13.0 Å². The summed E-state index contributed by atoms with van der Waals surface area (Å²) in [6.45, 7) is 4.69. The van der Waals surface area contributed by atoms with Crippen molar-refractivity contribution in [3.63, 3.8) is 0 Å². The molecule has 0 radical (unpaired) electrons. The molecule has 0 saturated carbocycles. The lowest BCUT2D eigenvalue weighted by Gasteiger charge is -2.30. The monoisotopic (exact) mass is 332 g/mol. The molecule has 0 bridgehead atoms. The Labute approximate surface area is 142 Å². The van der Waals surface area contributed by atoms with Crippen molar-refractivity contribution >= 4 is 11.8 Å². The van der Waals surface area contributed by atoms with Gasteiger partial charge in [0.05, 0.1) is 20.3 Å². The third kappa shape index (κ3) is 3.53. The molecule has 2 amide bonds. The lowest BCUT2D eigenvalue weighted by atomic mass is 9.95. The molecular weight excluding hydrogens is 308 g/mol. The molecule has 6 heteroatoms. The fourth-order valence-corrected chi connectivity index (χ4v) is 3.37. The van der Waals surface area contributed by atoms with Crippen LogP contribution >= 0.6 is 0 Å². The van der Waals surface area contributed by atoms with E-state index in [0.717, 1.165) is 12.2 Å². The van der Waals surface area contributed by atoms with Gasteiger partial charge in [0.1, 0.15) is 12.4 Å². The number of methoxy groups -OCH3 is 1. The van der Waals surface area contributed by atoms with Gasteiger partial charge in [0.15, 0.2) is 0 Å². The zero-order valence-electron chi connectivity index (χ0n) is 14.3. The third-order valence-electron chi connectivity index (χ3n) is 4.79. The van der Waals surface area contributed by atoms with E-state index < -0.39 is 0 Å². The van der Waals surface area contributed by atoms with Crippen molar-refractivity contribution in [1.29, 1.82) is 0 Å². The number of ether oxygens (including phenoxy) is 2. The van der Waals surface area contributed by atoms with Crippen LogP contribution in [0.4, 0.5) is 0 Å². The molecule has 1 aromatic carbocycles. The predicted molar refractivity (Wildman–Crippen MR) is 89.1 cm³/mol. The van der Waals surface area contributed by atoms with Crippen molar-refractivity contribution in [2.75, 3.05) is 46.5 Å². The van der Waals surface area contributed by atoms with Gasteiger partial charge in [-0.05, 0) is 35.6 Å². The smallest absolute Gasteiger partial charge is 0.249 e. The zero-order valence-corrected chi connectivity index (χ0v) is 14.3. The Balaban J connectivity index is 1.68. The molecule has 0 N–H and O–H groups in total. The molecule has 130 valence electrons. The molecule has 1 fully saturated rings. The van der Waals surface area contributed by atoms with Crippen LogP contribution in [0.3, 0.4) is 0 Å². The van der Waals surface area contributed by atoms with E-state index in [2.05, 4.69) is 19.1 Å². The van der Waals surface area contributed by atoms with Crippen LogP contribution in [0.15, 0.2) is 18.2 Å². The van der Waals surface area contributed by atoms with Crippen molar-refractivity contribution < 1.29 is 19.1 Å². The van der Waals surface area contributed by atoms with E-state index >= 15 is 0 Å². The molecule has 2 aliphatic heterocycles. The highest BCUT2D eigenvalue weighted by Gasteiger charge is 2.27. The molecule has 2 heterocycles. The Morgan fingerprint density at radius 1 is 1.38 bits per heavy atom. The quantitative estimate of drug-likeness (QED) is 0.830. The minimum absolute atomic E-state index is 0.0110. The minimum atomic E-state index is -0.106. The molecule has 1 aromatic rings. The van der Waals surface area contributed by atoms with Gasteiger partial charge in [-0.3, -0.25) is 9.59 Å². The highest BCUT2D eigenvalue weighted by atomic mass is 16.5. The van der Waals surface area contributed by atoms with Crippen LogP contribution in [0, 0.1) is 0 Å². The van der Waals surface area contributed by atoms with Gasteiger partial charge >= 0.3 is 0 Å². The highest BCUT2D eigenvalue weighted by Crippen LogP contribution is 2.28. The number of carbonyl (C=O) groups is 2. The Morgan fingerprint density at radius 2 is 2.21 bits per heavy atom. The van der Waals surface area contributed by atoms with E-state index in [9.17, 15) is 9.59 Å². The Kier molecular flexibility index (Phi) is 5.04. The van der Waals surface area contributed by atoms with Crippen LogP contribution in [-0.4, -0.2) is 68.1 Å². The van der Waals surface area contributed by atoms with E-state index in [1.165, 1.54) is 11.1 Å². The number of amides is 2. The summed E-state index contributed by atoms with van der Waals surface area (Å²) in [6.07, 6.45) is 0.826. The van der Waals surface area contributed by atoms with E-state index in [0.29, 0.717) is 26.2 Å². The fraction of sp³-hybridized carbons (Fsp3) is 0.556. The number of fused-ring (bicyclic) bond motifs is 1. The summed E-state index contributed by atoms with van der Waals surface area (Å²) in [5, 5.41) is 0. The largest absolute Gasteiger partial charge is 0.497 e. The second-order valence-electron chi connectivity index (χ2n) is 6.42. The van der Waals surface area contributed by atoms with Gasteiger partial charge in [0.2, 0.25) is 11.8 Å². The molecule has 2 aliphatic rings. The maximum atomic E-state index is 12.7. The summed E-state index contributed by atoms with van der Waals surface area (Å²) in [6, 6.07) is 6.12. The maximum Gasteiger partial charge on any atom is 0.249 e. The first-order chi connectivity index (χ1) is 11.6. The van der Waals surface area contributed by atoms with E-state index in [-0.39, 0.29) is 30.9 Å². The van der Waals surface area contributed by atoms with Crippen LogP contribution in [0.2, 0.25) is 0 Å². The second kappa shape index (κ2) is 7.21. The molecule has 24 heavy (non-hydrogen) atoms. The summed E-state index contributed by atoms with van der Waals surface area (Å²) >= 11 is 0. The molecule has 6 nitrogen and oxygen atoms in total. The molecule has 1 atom stereocenters. The Hall–Kier alpha value is -2.08.